The number of carbonyl (C=O) groups excluding carboxylic acids is 2. The minimum Gasteiger partial charge on any atom is -0.495 e. The van der Waals surface area contributed by atoms with Crippen LogP contribution in [0.4, 0.5) is 5.69 Å². The van der Waals surface area contributed by atoms with Crippen molar-refractivity contribution < 1.29 is 22.7 Å². The molecule has 1 fully saturated rings. The molecular weight excluding hydrogens is 646 g/mol. The molecule has 1 unspecified atom stereocenters. The Morgan fingerprint density at radius 2 is 1.50 bits per heavy atom. The van der Waals surface area contributed by atoms with Crippen LogP contribution in [0.1, 0.15) is 47.9 Å². The van der Waals surface area contributed by atoms with Crippen molar-refractivity contribution in [1.29, 1.82) is 0 Å². The topological polar surface area (TPSA) is 96.0 Å². The van der Waals surface area contributed by atoms with Gasteiger partial charge in [0.1, 0.15) is 18.3 Å². The van der Waals surface area contributed by atoms with Crippen LogP contribution in [0.15, 0.2) is 102 Å². The van der Waals surface area contributed by atoms with E-state index in [0.29, 0.717) is 0 Å². The van der Waals surface area contributed by atoms with Gasteiger partial charge < -0.3 is 15.0 Å². The monoisotopic (exact) mass is 687 g/mol. The highest BCUT2D eigenvalue weighted by Crippen LogP contribution is 2.35. The number of nitrogens with zero attached hydrogens (tertiary/aromatic N) is 2. The van der Waals surface area contributed by atoms with E-state index in [1.807, 2.05) is 68.4 Å². The van der Waals surface area contributed by atoms with E-state index in [4.69, 9.17) is 16.3 Å². The molecule has 1 N–H and O–H groups in total. The summed E-state index contributed by atoms with van der Waals surface area (Å²) < 4.78 is 35.4. The van der Waals surface area contributed by atoms with E-state index in [9.17, 15) is 18.0 Å². The molecule has 10 heteroatoms. The van der Waals surface area contributed by atoms with E-state index >= 15 is 0 Å². The van der Waals surface area contributed by atoms with Crippen LogP contribution < -0.4 is 14.4 Å². The van der Waals surface area contributed by atoms with Crippen LogP contribution in [-0.2, 0) is 32.6 Å². The van der Waals surface area contributed by atoms with Crippen LogP contribution in [0, 0.1) is 13.8 Å². The second-order valence-electron chi connectivity index (χ2n) is 12.3. The van der Waals surface area contributed by atoms with Crippen molar-refractivity contribution in [3.05, 3.63) is 124 Å². The fourth-order valence-electron chi connectivity index (χ4n) is 6.02. The molecule has 0 aromatic heterocycles. The van der Waals surface area contributed by atoms with Crippen molar-refractivity contribution >= 4 is 39.1 Å². The van der Waals surface area contributed by atoms with Crippen molar-refractivity contribution in [3.8, 4) is 5.75 Å². The molecule has 0 bridgehead atoms. The second-order valence-corrected chi connectivity index (χ2v) is 14.6. The summed E-state index contributed by atoms with van der Waals surface area (Å²) in [7, 11) is -2.88. The van der Waals surface area contributed by atoms with Crippen LogP contribution in [-0.4, -0.2) is 50.9 Å². The van der Waals surface area contributed by atoms with Crippen LogP contribution in [0.5, 0.6) is 5.75 Å². The van der Waals surface area contributed by atoms with Crippen molar-refractivity contribution in [2.75, 3.05) is 18.0 Å². The molecule has 0 saturated heterocycles. The first-order valence-corrected chi connectivity index (χ1v) is 18.0. The van der Waals surface area contributed by atoms with Gasteiger partial charge in [0, 0.05) is 24.0 Å². The maximum absolute atomic E-state index is 14.8. The SMILES string of the molecule is COc1ccc(Cl)cc1N(CC(=O)N(Cc1ccc(C)cc1)C(Cc1ccccc1)C(=O)NC1CCCC1)S(=O)(=O)c1ccc(C)cc1. The normalized spacial score (nSPS) is 13.9. The first-order chi connectivity index (χ1) is 23.0. The summed E-state index contributed by atoms with van der Waals surface area (Å²) in [5, 5.41) is 3.47. The van der Waals surface area contributed by atoms with Gasteiger partial charge in [-0.25, -0.2) is 8.42 Å². The molecule has 4 aromatic rings. The first-order valence-electron chi connectivity index (χ1n) is 16.2. The molecule has 252 valence electrons. The zero-order chi connectivity index (χ0) is 34.3. The quantitative estimate of drug-likeness (QED) is 0.166. The van der Waals surface area contributed by atoms with E-state index < -0.39 is 28.5 Å². The number of sulfonamides is 1. The molecule has 4 aromatic carbocycles. The van der Waals surface area contributed by atoms with E-state index in [1.54, 1.807) is 24.3 Å². The van der Waals surface area contributed by atoms with Gasteiger partial charge >= 0.3 is 0 Å². The number of anilines is 1. The van der Waals surface area contributed by atoms with Gasteiger partial charge in [-0.1, -0.05) is 102 Å². The number of rotatable bonds is 13. The summed E-state index contributed by atoms with van der Waals surface area (Å²) in [6.45, 7) is 3.34. The molecule has 0 spiro atoms. The largest absolute Gasteiger partial charge is 0.495 e. The van der Waals surface area contributed by atoms with E-state index in [1.165, 1.54) is 30.2 Å². The molecule has 0 heterocycles. The van der Waals surface area contributed by atoms with Crippen LogP contribution in [0.3, 0.4) is 0 Å². The standard InChI is InChI=1S/C38H42ClN3O5S/c1-27-13-17-30(18-14-27)25-41(35(23-29-9-5-4-6-10-29)38(44)40-32-11-7-8-12-32)37(43)26-42(34-24-31(39)19-22-36(34)47-3)48(45,46)33-20-15-28(2)16-21-33/h4-6,9-10,13-22,24,32,35H,7-8,11-12,23,25-26H2,1-3H3,(H,40,44). The fourth-order valence-corrected chi connectivity index (χ4v) is 7.60. The predicted molar refractivity (Wildman–Crippen MR) is 190 cm³/mol. The number of aryl methyl sites for hydroxylation is 2. The zero-order valence-electron chi connectivity index (χ0n) is 27.6. The Morgan fingerprint density at radius 3 is 2.12 bits per heavy atom. The Kier molecular flexibility index (Phi) is 11.4. The maximum atomic E-state index is 14.8. The van der Waals surface area contributed by atoms with Crippen molar-refractivity contribution in [2.45, 2.75) is 69.5 Å². The molecule has 2 amide bonds. The number of hydrogen-bond acceptors (Lipinski definition) is 5. The number of halogens is 1. The lowest BCUT2D eigenvalue weighted by Crippen LogP contribution is -2.54. The molecule has 48 heavy (non-hydrogen) atoms. The lowest BCUT2D eigenvalue weighted by atomic mass is 10.0. The lowest BCUT2D eigenvalue weighted by molar-refractivity contribution is -0.140. The minimum absolute atomic E-state index is 0.00725. The third kappa shape index (κ3) is 8.57. The van der Waals surface area contributed by atoms with Crippen molar-refractivity contribution in [2.24, 2.45) is 0 Å². The van der Waals surface area contributed by atoms with Gasteiger partial charge in [-0.3, -0.25) is 13.9 Å². The Balaban J connectivity index is 1.60. The third-order valence-electron chi connectivity index (χ3n) is 8.74. The molecule has 8 nitrogen and oxygen atoms in total. The number of ether oxygens (including phenoxy) is 1. The average molecular weight is 688 g/mol. The smallest absolute Gasteiger partial charge is 0.264 e. The maximum Gasteiger partial charge on any atom is 0.264 e. The van der Waals surface area contributed by atoms with Gasteiger partial charge in [0.25, 0.3) is 10.0 Å². The van der Waals surface area contributed by atoms with Gasteiger partial charge in [0.15, 0.2) is 0 Å². The minimum atomic E-state index is -4.30. The zero-order valence-corrected chi connectivity index (χ0v) is 29.1. The summed E-state index contributed by atoms with van der Waals surface area (Å²) in [5.74, 6) is -0.580. The Bertz CT molecular complexity index is 1810. The number of amides is 2. The Labute approximate surface area is 288 Å². The molecular formula is C38H42ClN3O5S. The number of carbonyl (C=O) groups is 2. The summed E-state index contributed by atoms with van der Waals surface area (Å²) in [4.78, 5) is 30.4. The van der Waals surface area contributed by atoms with Crippen LogP contribution in [0.2, 0.25) is 5.02 Å². The fraction of sp³-hybridized carbons (Fsp3) is 0.316. The molecule has 5 rings (SSSR count). The highest BCUT2D eigenvalue weighted by molar-refractivity contribution is 7.92. The number of hydrogen-bond donors (Lipinski definition) is 1. The second kappa shape index (κ2) is 15.7. The summed E-state index contributed by atoms with van der Waals surface area (Å²) in [6.07, 6.45) is 4.09. The summed E-state index contributed by atoms with van der Waals surface area (Å²) >= 11 is 6.39. The molecule has 1 atom stereocenters. The van der Waals surface area contributed by atoms with E-state index in [2.05, 4.69) is 5.32 Å². The highest BCUT2D eigenvalue weighted by Gasteiger charge is 2.36. The number of nitrogens with one attached hydrogen (secondary N) is 1. The molecule has 0 radical (unpaired) electrons. The first kappa shape index (κ1) is 35.0. The lowest BCUT2D eigenvalue weighted by Gasteiger charge is -2.34. The summed E-state index contributed by atoms with van der Waals surface area (Å²) in [6, 6.07) is 27.5. The average Bonchev–Trinajstić information content (AvgIpc) is 3.59. The van der Waals surface area contributed by atoms with Crippen molar-refractivity contribution in [3.63, 3.8) is 0 Å². The Morgan fingerprint density at radius 1 is 0.875 bits per heavy atom. The molecule has 1 saturated carbocycles. The van der Waals surface area contributed by atoms with Crippen LogP contribution >= 0.6 is 11.6 Å². The number of methoxy groups -OCH3 is 1. The van der Waals surface area contributed by atoms with Crippen LogP contribution in [0.25, 0.3) is 0 Å². The van der Waals surface area contributed by atoms with Gasteiger partial charge in [0.05, 0.1) is 17.7 Å². The highest BCUT2D eigenvalue weighted by atomic mass is 35.5. The third-order valence-corrected chi connectivity index (χ3v) is 10.8. The summed E-state index contributed by atoms with van der Waals surface area (Å²) in [5.41, 5.74) is 3.75. The van der Waals surface area contributed by atoms with E-state index in [-0.39, 0.29) is 46.3 Å². The predicted octanol–water partition coefficient (Wildman–Crippen LogP) is 6.86. The molecule has 1 aliphatic rings. The van der Waals surface area contributed by atoms with Gasteiger partial charge in [-0.15, -0.1) is 0 Å². The van der Waals surface area contributed by atoms with E-state index in [0.717, 1.165) is 52.2 Å². The van der Waals surface area contributed by atoms with Crippen molar-refractivity contribution in [1.82, 2.24) is 10.2 Å². The van der Waals surface area contributed by atoms with Gasteiger partial charge in [0.2, 0.25) is 11.8 Å². The van der Waals surface area contributed by atoms with Gasteiger partial charge in [-0.05, 0) is 68.1 Å². The number of benzene rings is 4. The Hall–Kier alpha value is -4.34. The van der Waals surface area contributed by atoms with Gasteiger partial charge in [-0.2, -0.15) is 0 Å². The molecule has 0 aliphatic heterocycles. The molecule has 1 aliphatic carbocycles.